The molecule has 1 atom stereocenters. The fraction of sp³-hybridized carbons (Fsp3) is 0.429. The lowest BCUT2D eigenvalue weighted by molar-refractivity contribution is 0.760. The first-order chi connectivity index (χ1) is 7.68. The molecule has 0 spiro atoms. The molecule has 0 fully saturated rings. The van der Waals surface area contributed by atoms with E-state index in [0.717, 1.165) is 19.5 Å². The molecule has 1 unspecified atom stereocenters. The molecule has 0 aromatic heterocycles. The van der Waals surface area contributed by atoms with Gasteiger partial charge in [-0.3, -0.25) is 0 Å². The van der Waals surface area contributed by atoms with Crippen LogP contribution in [-0.4, -0.2) is 13.1 Å². The fourth-order valence-corrected chi connectivity index (χ4v) is 2.28. The molecule has 1 aromatic rings. The van der Waals surface area contributed by atoms with Crippen molar-refractivity contribution in [1.82, 2.24) is 0 Å². The predicted octanol–water partition coefficient (Wildman–Crippen LogP) is 2.86. The van der Waals surface area contributed by atoms with Crippen LogP contribution in [0.4, 0.5) is 5.69 Å². The normalized spacial score (nSPS) is 18.2. The number of nitrogens with two attached hydrogens (primary N) is 1. The lowest BCUT2D eigenvalue weighted by Gasteiger charge is -2.31. The summed E-state index contributed by atoms with van der Waals surface area (Å²) in [5.74, 6) is 0. The van der Waals surface area contributed by atoms with Crippen molar-refractivity contribution in [1.29, 1.82) is 0 Å². The van der Waals surface area contributed by atoms with E-state index in [1.165, 1.54) is 16.8 Å². The zero-order valence-electron chi connectivity index (χ0n) is 10.1. The van der Waals surface area contributed by atoms with Crippen LogP contribution in [0.3, 0.4) is 0 Å². The Bertz CT molecular complexity index is 393. The van der Waals surface area contributed by atoms with Crippen molar-refractivity contribution in [2.75, 3.05) is 18.0 Å². The summed E-state index contributed by atoms with van der Waals surface area (Å²) in [6, 6.07) is 8.57. The van der Waals surface area contributed by atoms with Gasteiger partial charge >= 0.3 is 0 Å². The van der Waals surface area contributed by atoms with Gasteiger partial charge in [-0.1, -0.05) is 29.8 Å². The van der Waals surface area contributed by atoms with Crippen molar-refractivity contribution in [3.8, 4) is 0 Å². The van der Waals surface area contributed by atoms with Crippen LogP contribution in [-0.2, 0) is 0 Å². The van der Waals surface area contributed by atoms with E-state index in [1.807, 2.05) is 6.92 Å². The molecule has 2 N–H and O–H groups in total. The quantitative estimate of drug-likeness (QED) is 0.770. The van der Waals surface area contributed by atoms with E-state index in [1.54, 1.807) is 0 Å². The molecule has 0 saturated heterocycles. The van der Waals surface area contributed by atoms with E-state index in [4.69, 9.17) is 5.73 Å². The van der Waals surface area contributed by atoms with Crippen LogP contribution in [0.25, 0.3) is 0 Å². The van der Waals surface area contributed by atoms with E-state index in [9.17, 15) is 0 Å². The van der Waals surface area contributed by atoms with Crippen molar-refractivity contribution in [3.05, 3.63) is 41.5 Å². The summed E-state index contributed by atoms with van der Waals surface area (Å²) >= 11 is 0. The Morgan fingerprint density at radius 1 is 1.31 bits per heavy atom. The first-order valence-corrected chi connectivity index (χ1v) is 5.93. The molecule has 86 valence electrons. The second-order valence-electron chi connectivity index (χ2n) is 4.61. The van der Waals surface area contributed by atoms with Crippen LogP contribution in [0.5, 0.6) is 0 Å². The molecule has 2 nitrogen and oxygen atoms in total. The van der Waals surface area contributed by atoms with Gasteiger partial charge < -0.3 is 10.6 Å². The van der Waals surface area contributed by atoms with Crippen LogP contribution in [0.1, 0.15) is 31.9 Å². The molecule has 0 saturated carbocycles. The monoisotopic (exact) mass is 216 g/mol. The van der Waals surface area contributed by atoms with Gasteiger partial charge in [0.15, 0.2) is 0 Å². The SMILES string of the molecule is CC1=CCCN(c2ccccc2C(C)N)C1. The Morgan fingerprint density at radius 2 is 2.06 bits per heavy atom. The number of anilines is 1. The molecule has 2 heteroatoms. The Morgan fingerprint density at radius 3 is 2.75 bits per heavy atom. The maximum atomic E-state index is 6.01. The second-order valence-corrected chi connectivity index (χ2v) is 4.61. The number of hydrogen-bond acceptors (Lipinski definition) is 2. The number of para-hydroxylation sites is 1. The van der Waals surface area contributed by atoms with Crippen molar-refractivity contribution < 1.29 is 0 Å². The first kappa shape index (κ1) is 11.2. The van der Waals surface area contributed by atoms with E-state index >= 15 is 0 Å². The van der Waals surface area contributed by atoms with Gasteiger partial charge in [-0.05, 0) is 31.9 Å². The van der Waals surface area contributed by atoms with Gasteiger partial charge in [-0.15, -0.1) is 0 Å². The van der Waals surface area contributed by atoms with E-state index in [0.29, 0.717) is 0 Å². The minimum Gasteiger partial charge on any atom is -0.367 e. The van der Waals surface area contributed by atoms with E-state index < -0.39 is 0 Å². The summed E-state index contributed by atoms with van der Waals surface area (Å²) in [5, 5.41) is 0. The molecule has 1 aromatic carbocycles. The summed E-state index contributed by atoms with van der Waals surface area (Å²) in [6.07, 6.45) is 3.46. The number of rotatable bonds is 2. The average Bonchev–Trinajstić information content (AvgIpc) is 2.29. The van der Waals surface area contributed by atoms with E-state index in [2.05, 4.69) is 42.2 Å². The van der Waals surface area contributed by atoms with Gasteiger partial charge in [0.2, 0.25) is 0 Å². The van der Waals surface area contributed by atoms with Gasteiger partial charge in [0.1, 0.15) is 0 Å². The molecule has 1 aliphatic heterocycles. The largest absolute Gasteiger partial charge is 0.367 e. The number of hydrogen-bond donors (Lipinski definition) is 1. The van der Waals surface area contributed by atoms with Crippen molar-refractivity contribution in [3.63, 3.8) is 0 Å². The Kier molecular flexibility index (Phi) is 3.30. The van der Waals surface area contributed by atoms with Crippen LogP contribution in [0.15, 0.2) is 35.9 Å². The Hall–Kier alpha value is -1.28. The van der Waals surface area contributed by atoms with Crippen molar-refractivity contribution in [2.45, 2.75) is 26.3 Å². The molecular formula is C14H20N2. The highest BCUT2D eigenvalue weighted by Crippen LogP contribution is 2.27. The van der Waals surface area contributed by atoms with Gasteiger partial charge in [0.05, 0.1) is 0 Å². The highest BCUT2D eigenvalue weighted by Gasteiger charge is 2.15. The van der Waals surface area contributed by atoms with Crippen LogP contribution in [0, 0.1) is 0 Å². The number of benzene rings is 1. The molecule has 1 aliphatic rings. The second kappa shape index (κ2) is 4.71. The van der Waals surface area contributed by atoms with Gasteiger partial charge in [-0.25, -0.2) is 0 Å². The molecule has 2 rings (SSSR count). The zero-order chi connectivity index (χ0) is 11.5. The van der Waals surface area contributed by atoms with Gasteiger partial charge in [0, 0.05) is 24.8 Å². The summed E-state index contributed by atoms with van der Waals surface area (Å²) in [7, 11) is 0. The van der Waals surface area contributed by atoms with Crippen molar-refractivity contribution in [2.24, 2.45) is 5.73 Å². The Labute approximate surface area is 97.8 Å². The molecule has 1 heterocycles. The van der Waals surface area contributed by atoms with Crippen LogP contribution >= 0.6 is 0 Å². The molecule has 0 radical (unpaired) electrons. The molecule has 0 aliphatic carbocycles. The molecular weight excluding hydrogens is 196 g/mol. The van der Waals surface area contributed by atoms with Crippen molar-refractivity contribution >= 4 is 5.69 Å². The minimum atomic E-state index is 0.0995. The summed E-state index contributed by atoms with van der Waals surface area (Å²) in [6.45, 7) is 6.37. The lowest BCUT2D eigenvalue weighted by atomic mass is 10.0. The molecule has 16 heavy (non-hydrogen) atoms. The van der Waals surface area contributed by atoms with Crippen LogP contribution < -0.4 is 10.6 Å². The lowest BCUT2D eigenvalue weighted by Crippen LogP contribution is -2.30. The minimum absolute atomic E-state index is 0.0995. The third-order valence-electron chi connectivity index (χ3n) is 3.10. The predicted molar refractivity (Wildman–Crippen MR) is 69.6 cm³/mol. The first-order valence-electron chi connectivity index (χ1n) is 5.93. The maximum absolute atomic E-state index is 6.01. The number of nitrogens with zero attached hydrogens (tertiary/aromatic N) is 1. The standard InChI is InChI=1S/C14H20N2/c1-11-6-5-9-16(10-11)14-8-4-3-7-13(14)12(2)15/h3-4,6-8,12H,5,9-10,15H2,1-2H3. The third-order valence-corrected chi connectivity index (χ3v) is 3.10. The fourth-order valence-electron chi connectivity index (χ4n) is 2.28. The molecule has 0 amide bonds. The zero-order valence-corrected chi connectivity index (χ0v) is 10.1. The summed E-state index contributed by atoms with van der Waals surface area (Å²) in [5.41, 5.74) is 10.0. The smallest absolute Gasteiger partial charge is 0.0417 e. The topological polar surface area (TPSA) is 29.3 Å². The van der Waals surface area contributed by atoms with Crippen LogP contribution in [0.2, 0.25) is 0 Å². The molecule has 0 bridgehead atoms. The Balaban J connectivity index is 2.29. The maximum Gasteiger partial charge on any atom is 0.0417 e. The highest BCUT2D eigenvalue weighted by atomic mass is 15.1. The van der Waals surface area contributed by atoms with Gasteiger partial charge in [0.25, 0.3) is 0 Å². The average molecular weight is 216 g/mol. The third kappa shape index (κ3) is 2.27. The van der Waals surface area contributed by atoms with E-state index in [-0.39, 0.29) is 6.04 Å². The van der Waals surface area contributed by atoms with Gasteiger partial charge in [-0.2, -0.15) is 0 Å². The highest BCUT2D eigenvalue weighted by molar-refractivity contribution is 5.56. The summed E-state index contributed by atoms with van der Waals surface area (Å²) < 4.78 is 0. The summed E-state index contributed by atoms with van der Waals surface area (Å²) in [4.78, 5) is 2.42.